The van der Waals surface area contributed by atoms with Crippen LogP contribution in [0.15, 0.2) is 6.07 Å². The lowest BCUT2D eigenvalue weighted by Gasteiger charge is -2.24. The highest BCUT2D eigenvalue weighted by Gasteiger charge is 2.26. The Labute approximate surface area is 96.8 Å². The van der Waals surface area contributed by atoms with Gasteiger partial charge in [-0.3, -0.25) is 9.48 Å². The van der Waals surface area contributed by atoms with E-state index in [0.717, 1.165) is 6.29 Å². The third-order valence-electron chi connectivity index (χ3n) is 3.29. The van der Waals surface area contributed by atoms with E-state index in [-0.39, 0.29) is 5.54 Å². The second kappa shape index (κ2) is 4.04. The van der Waals surface area contributed by atoms with Gasteiger partial charge in [0, 0.05) is 11.6 Å². The van der Waals surface area contributed by atoms with Crippen LogP contribution in [-0.2, 0) is 5.54 Å². The number of aldehydes is 1. The number of aromatic nitrogens is 2. The van der Waals surface area contributed by atoms with Crippen LogP contribution in [0, 0.1) is 0 Å². The molecule has 1 aliphatic carbocycles. The Hall–Kier alpha value is -1.12. The zero-order valence-electron chi connectivity index (χ0n) is 10.4. The van der Waals surface area contributed by atoms with E-state index in [2.05, 4.69) is 25.9 Å². The standard InChI is InChI=1S/C13H20N2O/c1-13(2,3)15-12(8-11(9-16)14-15)10-6-4-5-7-10/h8-10H,4-7H2,1-3H3. The van der Waals surface area contributed by atoms with Crippen molar-refractivity contribution in [3.63, 3.8) is 0 Å². The van der Waals surface area contributed by atoms with Gasteiger partial charge in [-0.2, -0.15) is 5.10 Å². The summed E-state index contributed by atoms with van der Waals surface area (Å²) in [5.41, 5.74) is 1.77. The van der Waals surface area contributed by atoms with Crippen molar-refractivity contribution in [2.24, 2.45) is 0 Å². The molecule has 0 N–H and O–H groups in total. The summed E-state index contributed by atoms with van der Waals surface area (Å²) in [5, 5.41) is 4.39. The highest BCUT2D eigenvalue weighted by atomic mass is 16.1. The Balaban J connectivity index is 2.41. The lowest BCUT2D eigenvalue weighted by molar-refractivity contribution is 0.111. The minimum absolute atomic E-state index is 0.0425. The van der Waals surface area contributed by atoms with Gasteiger partial charge in [0.2, 0.25) is 0 Å². The number of nitrogens with zero attached hydrogens (tertiary/aromatic N) is 2. The molecule has 3 heteroatoms. The van der Waals surface area contributed by atoms with Crippen LogP contribution >= 0.6 is 0 Å². The molecule has 1 heterocycles. The van der Waals surface area contributed by atoms with Crippen LogP contribution in [0.4, 0.5) is 0 Å². The van der Waals surface area contributed by atoms with Gasteiger partial charge in [-0.25, -0.2) is 0 Å². The summed E-state index contributed by atoms with van der Waals surface area (Å²) in [4.78, 5) is 10.8. The van der Waals surface area contributed by atoms with E-state index in [4.69, 9.17) is 0 Å². The maximum atomic E-state index is 10.8. The predicted molar refractivity (Wildman–Crippen MR) is 63.8 cm³/mol. The Morgan fingerprint density at radius 3 is 2.50 bits per heavy atom. The highest BCUT2D eigenvalue weighted by molar-refractivity contribution is 5.71. The Kier molecular flexibility index (Phi) is 2.87. The molecule has 1 aliphatic rings. The monoisotopic (exact) mass is 220 g/mol. The molecule has 1 saturated carbocycles. The topological polar surface area (TPSA) is 34.9 Å². The summed E-state index contributed by atoms with van der Waals surface area (Å²) in [6.45, 7) is 6.40. The van der Waals surface area contributed by atoms with Crippen LogP contribution in [0.25, 0.3) is 0 Å². The van der Waals surface area contributed by atoms with E-state index >= 15 is 0 Å². The van der Waals surface area contributed by atoms with Gasteiger partial charge >= 0.3 is 0 Å². The first-order valence-electron chi connectivity index (χ1n) is 6.08. The fraction of sp³-hybridized carbons (Fsp3) is 0.692. The third kappa shape index (κ3) is 2.04. The molecule has 3 nitrogen and oxygen atoms in total. The van der Waals surface area contributed by atoms with Gasteiger partial charge in [0.1, 0.15) is 5.69 Å². The number of hydrogen-bond acceptors (Lipinski definition) is 2. The fourth-order valence-electron chi connectivity index (χ4n) is 2.52. The van der Waals surface area contributed by atoms with E-state index in [9.17, 15) is 4.79 Å². The largest absolute Gasteiger partial charge is 0.296 e. The van der Waals surface area contributed by atoms with Gasteiger partial charge in [0.05, 0.1) is 5.54 Å². The van der Waals surface area contributed by atoms with Crippen LogP contribution in [-0.4, -0.2) is 16.1 Å². The molecule has 1 aromatic heterocycles. The lowest BCUT2D eigenvalue weighted by Crippen LogP contribution is -2.26. The molecule has 88 valence electrons. The Morgan fingerprint density at radius 2 is 2.00 bits per heavy atom. The summed E-state index contributed by atoms with van der Waals surface area (Å²) in [6.07, 6.45) is 5.92. The van der Waals surface area contributed by atoms with Gasteiger partial charge < -0.3 is 0 Å². The second-order valence-corrected chi connectivity index (χ2v) is 5.68. The van der Waals surface area contributed by atoms with Crippen molar-refractivity contribution >= 4 is 6.29 Å². The summed E-state index contributed by atoms with van der Waals surface area (Å²) < 4.78 is 2.03. The van der Waals surface area contributed by atoms with E-state index in [1.54, 1.807) is 0 Å². The minimum atomic E-state index is -0.0425. The average molecular weight is 220 g/mol. The normalized spacial score (nSPS) is 17.9. The molecule has 2 rings (SSSR count). The molecule has 0 spiro atoms. The maximum Gasteiger partial charge on any atom is 0.170 e. The molecule has 0 aromatic carbocycles. The molecule has 16 heavy (non-hydrogen) atoms. The van der Waals surface area contributed by atoms with Crippen LogP contribution in [0.3, 0.4) is 0 Å². The van der Waals surface area contributed by atoms with Crippen molar-refractivity contribution in [2.45, 2.75) is 57.9 Å². The molecule has 1 aromatic rings. The molecule has 0 amide bonds. The van der Waals surface area contributed by atoms with E-state index in [0.29, 0.717) is 11.6 Å². The smallest absolute Gasteiger partial charge is 0.170 e. The van der Waals surface area contributed by atoms with Gasteiger partial charge in [0.15, 0.2) is 6.29 Å². The van der Waals surface area contributed by atoms with Crippen molar-refractivity contribution in [1.29, 1.82) is 0 Å². The summed E-state index contributed by atoms with van der Waals surface area (Å²) in [5.74, 6) is 0.598. The SMILES string of the molecule is CC(C)(C)n1nc(C=O)cc1C1CCCC1. The number of rotatable bonds is 2. The number of hydrogen-bond donors (Lipinski definition) is 0. The molecular formula is C13H20N2O. The first-order chi connectivity index (χ1) is 7.52. The molecule has 0 saturated heterocycles. The van der Waals surface area contributed by atoms with Crippen LogP contribution in [0.1, 0.15) is 68.6 Å². The summed E-state index contributed by atoms with van der Waals surface area (Å²) >= 11 is 0. The second-order valence-electron chi connectivity index (χ2n) is 5.68. The van der Waals surface area contributed by atoms with Crippen LogP contribution in [0.2, 0.25) is 0 Å². The Morgan fingerprint density at radius 1 is 1.38 bits per heavy atom. The number of carbonyl (C=O) groups is 1. The van der Waals surface area contributed by atoms with Crippen molar-refractivity contribution in [1.82, 2.24) is 9.78 Å². The first-order valence-corrected chi connectivity index (χ1v) is 6.08. The molecule has 0 atom stereocenters. The van der Waals surface area contributed by atoms with Crippen LogP contribution < -0.4 is 0 Å². The molecule has 1 fully saturated rings. The van der Waals surface area contributed by atoms with E-state index in [1.165, 1.54) is 31.4 Å². The third-order valence-corrected chi connectivity index (χ3v) is 3.29. The average Bonchev–Trinajstić information content (AvgIpc) is 2.85. The van der Waals surface area contributed by atoms with E-state index in [1.807, 2.05) is 10.7 Å². The predicted octanol–water partition coefficient (Wildman–Crippen LogP) is 3.11. The van der Waals surface area contributed by atoms with Crippen molar-refractivity contribution in [3.8, 4) is 0 Å². The van der Waals surface area contributed by atoms with Crippen molar-refractivity contribution in [3.05, 3.63) is 17.5 Å². The molecular weight excluding hydrogens is 200 g/mol. The lowest BCUT2D eigenvalue weighted by atomic mass is 10.0. The summed E-state index contributed by atoms with van der Waals surface area (Å²) in [6, 6.07) is 1.97. The van der Waals surface area contributed by atoms with Gasteiger partial charge in [-0.15, -0.1) is 0 Å². The number of carbonyl (C=O) groups excluding carboxylic acids is 1. The Bertz CT molecular complexity index is 381. The van der Waals surface area contributed by atoms with Crippen molar-refractivity contribution < 1.29 is 4.79 Å². The minimum Gasteiger partial charge on any atom is -0.296 e. The molecule has 0 unspecified atom stereocenters. The molecule has 0 radical (unpaired) electrons. The summed E-state index contributed by atoms with van der Waals surface area (Å²) in [7, 11) is 0. The zero-order chi connectivity index (χ0) is 11.8. The first kappa shape index (κ1) is 11.4. The highest BCUT2D eigenvalue weighted by Crippen LogP contribution is 2.36. The molecule has 0 aliphatic heterocycles. The zero-order valence-corrected chi connectivity index (χ0v) is 10.4. The van der Waals surface area contributed by atoms with E-state index < -0.39 is 0 Å². The quantitative estimate of drug-likeness (QED) is 0.718. The molecule has 0 bridgehead atoms. The van der Waals surface area contributed by atoms with Gasteiger partial charge in [-0.1, -0.05) is 12.8 Å². The van der Waals surface area contributed by atoms with Crippen LogP contribution in [0.5, 0.6) is 0 Å². The van der Waals surface area contributed by atoms with Gasteiger partial charge in [0.25, 0.3) is 0 Å². The van der Waals surface area contributed by atoms with Crippen molar-refractivity contribution in [2.75, 3.05) is 0 Å². The fourth-order valence-corrected chi connectivity index (χ4v) is 2.52. The van der Waals surface area contributed by atoms with Gasteiger partial charge in [-0.05, 0) is 39.7 Å². The maximum absolute atomic E-state index is 10.8.